The van der Waals surface area contributed by atoms with Gasteiger partial charge in [0.1, 0.15) is 7.05 Å². The first-order chi connectivity index (χ1) is 16.0. The first-order valence-electron chi connectivity index (χ1n) is 12.2. The fourth-order valence-corrected chi connectivity index (χ4v) is 6.12. The van der Waals surface area contributed by atoms with Crippen LogP contribution in [0.1, 0.15) is 53.8 Å². The minimum atomic E-state index is 0.0896. The topological polar surface area (TPSA) is 16.8 Å². The second-order valence-corrected chi connectivity index (χ2v) is 10.1. The number of rotatable bonds is 2. The zero-order chi connectivity index (χ0) is 22.7. The van der Waals surface area contributed by atoms with E-state index < -0.39 is 0 Å². The zero-order valence-corrected chi connectivity index (χ0v) is 20.1. The highest BCUT2D eigenvalue weighted by Crippen LogP contribution is 2.57. The van der Waals surface area contributed by atoms with Crippen LogP contribution in [0.2, 0.25) is 0 Å². The maximum Gasteiger partial charge on any atom is 0.213 e. The number of aryl methyl sites for hydroxylation is 4. The van der Waals surface area contributed by atoms with Crippen LogP contribution in [0.3, 0.4) is 0 Å². The summed E-state index contributed by atoms with van der Waals surface area (Å²) in [4.78, 5) is 5.11. The molecule has 2 aromatic carbocycles. The van der Waals surface area contributed by atoms with Gasteiger partial charge in [-0.25, -0.2) is 4.57 Å². The molecule has 0 amide bonds. The zero-order valence-electron chi connectivity index (χ0n) is 20.1. The lowest BCUT2D eigenvalue weighted by Gasteiger charge is -2.26. The Morgan fingerprint density at radius 1 is 0.758 bits per heavy atom. The van der Waals surface area contributed by atoms with Crippen LogP contribution >= 0.6 is 0 Å². The van der Waals surface area contributed by atoms with E-state index in [9.17, 15) is 0 Å². The van der Waals surface area contributed by atoms with Crippen molar-refractivity contribution in [2.75, 3.05) is 0 Å². The van der Waals surface area contributed by atoms with Gasteiger partial charge in [0.05, 0.1) is 5.69 Å². The number of benzene rings is 2. The summed E-state index contributed by atoms with van der Waals surface area (Å²) in [6, 6.07) is 22.8. The van der Waals surface area contributed by atoms with Gasteiger partial charge in [-0.15, -0.1) is 0 Å². The molecule has 6 rings (SSSR count). The quantitative estimate of drug-likeness (QED) is 0.312. The molecule has 0 atom stereocenters. The van der Waals surface area contributed by atoms with Gasteiger partial charge in [0, 0.05) is 34.4 Å². The molecule has 0 unspecified atom stereocenters. The van der Waals surface area contributed by atoms with Crippen LogP contribution in [0.15, 0.2) is 66.9 Å². The van der Waals surface area contributed by atoms with Crippen LogP contribution < -0.4 is 4.57 Å². The highest BCUT2D eigenvalue weighted by Gasteiger charge is 2.47. The predicted molar refractivity (Wildman–Crippen MR) is 135 cm³/mol. The molecule has 0 aliphatic heterocycles. The average molecular weight is 432 g/mol. The highest BCUT2D eigenvalue weighted by atomic mass is 14.9. The van der Waals surface area contributed by atoms with Gasteiger partial charge in [0.15, 0.2) is 6.20 Å². The Morgan fingerprint density at radius 3 is 2.27 bits per heavy atom. The van der Waals surface area contributed by atoms with Crippen molar-refractivity contribution in [3.8, 4) is 33.5 Å². The van der Waals surface area contributed by atoms with Crippen molar-refractivity contribution in [1.29, 1.82) is 0 Å². The second kappa shape index (κ2) is 7.38. The van der Waals surface area contributed by atoms with Crippen LogP contribution in [0.4, 0.5) is 0 Å². The largest absolute Gasteiger partial charge is 0.257 e. The van der Waals surface area contributed by atoms with E-state index >= 15 is 0 Å². The number of hydrogen-bond acceptors (Lipinski definition) is 1. The number of aromatic nitrogens is 2. The molecule has 0 radical (unpaired) electrons. The molecule has 4 aromatic rings. The van der Waals surface area contributed by atoms with E-state index in [0.717, 1.165) is 5.69 Å². The molecule has 1 spiro atoms. The van der Waals surface area contributed by atoms with Crippen LogP contribution in [-0.4, -0.2) is 4.98 Å². The van der Waals surface area contributed by atoms with Crippen molar-refractivity contribution >= 4 is 0 Å². The van der Waals surface area contributed by atoms with Crippen LogP contribution in [0, 0.1) is 20.8 Å². The Kier molecular flexibility index (Phi) is 4.55. The van der Waals surface area contributed by atoms with E-state index in [2.05, 4.69) is 99.2 Å². The summed E-state index contributed by atoms with van der Waals surface area (Å²) in [6.07, 6.45) is 7.19. The van der Waals surface area contributed by atoms with E-state index in [0.29, 0.717) is 0 Å². The molecule has 1 fully saturated rings. The monoisotopic (exact) mass is 431 g/mol. The van der Waals surface area contributed by atoms with Gasteiger partial charge in [-0.05, 0) is 73.6 Å². The summed E-state index contributed by atoms with van der Waals surface area (Å²) in [5, 5.41) is 0. The van der Waals surface area contributed by atoms with Gasteiger partial charge in [0.2, 0.25) is 5.69 Å². The Labute approximate surface area is 197 Å². The molecule has 2 aliphatic rings. The van der Waals surface area contributed by atoms with Gasteiger partial charge >= 0.3 is 0 Å². The molecule has 2 nitrogen and oxygen atoms in total. The third-order valence-electron chi connectivity index (χ3n) is 7.93. The lowest BCUT2D eigenvalue weighted by molar-refractivity contribution is -0.660. The summed E-state index contributed by atoms with van der Waals surface area (Å²) < 4.78 is 2.26. The second-order valence-electron chi connectivity index (χ2n) is 10.1. The molecule has 2 heterocycles. The Morgan fingerprint density at radius 2 is 1.52 bits per heavy atom. The van der Waals surface area contributed by atoms with Gasteiger partial charge in [-0.3, -0.25) is 4.98 Å². The Hall–Kier alpha value is -3.26. The van der Waals surface area contributed by atoms with Gasteiger partial charge in [-0.2, -0.15) is 0 Å². The molecule has 0 N–H and O–H groups in total. The van der Waals surface area contributed by atoms with E-state index in [1.807, 2.05) is 0 Å². The smallest absolute Gasteiger partial charge is 0.213 e. The van der Waals surface area contributed by atoms with Crippen molar-refractivity contribution in [3.63, 3.8) is 0 Å². The molecule has 33 heavy (non-hydrogen) atoms. The van der Waals surface area contributed by atoms with E-state index in [1.54, 1.807) is 0 Å². The summed E-state index contributed by atoms with van der Waals surface area (Å²) >= 11 is 0. The number of pyridine rings is 2. The van der Waals surface area contributed by atoms with Crippen LogP contribution in [0.5, 0.6) is 0 Å². The first kappa shape index (κ1) is 20.4. The number of hydrogen-bond donors (Lipinski definition) is 0. The van der Waals surface area contributed by atoms with Gasteiger partial charge in [-0.1, -0.05) is 54.8 Å². The molecular weight excluding hydrogens is 400 g/mol. The third-order valence-corrected chi connectivity index (χ3v) is 7.93. The normalized spacial score (nSPS) is 15.6. The summed E-state index contributed by atoms with van der Waals surface area (Å²) in [5.74, 6) is 0. The van der Waals surface area contributed by atoms with Crippen molar-refractivity contribution in [2.24, 2.45) is 7.05 Å². The number of fused-ring (bicyclic) bond motifs is 5. The molecule has 0 bridgehead atoms. The highest BCUT2D eigenvalue weighted by molar-refractivity contribution is 5.84. The van der Waals surface area contributed by atoms with Crippen LogP contribution in [0.25, 0.3) is 33.5 Å². The first-order valence-corrected chi connectivity index (χ1v) is 12.2. The average Bonchev–Trinajstić information content (AvgIpc) is 3.39. The van der Waals surface area contributed by atoms with Crippen molar-refractivity contribution in [2.45, 2.75) is 51.9 Å². The van der Waals surface area contributed by atoms with Gasteiger partial charge < -0.3 is 0 Å². The van der Waals surface area contributed by atoms with E-state index in [4.69, 9.17) is 4.98 Å². The fourth-order valence-electron chi connectivity index (χ4n) is 6.12. The van der Waals surface area contributed by atoms with Crippen molar-refractivity contribution in [3.05, 3.63) is 94.9 Å². The lowest BCUT2D eigenvalue weighted by Crippen LogP contribution is -2.30. The fraction of sp³-hybridized carbons (Fsp3) is 0.290. The minimum absolute atomic E-state index is 0.0896. The molecular formula is C31H31N2+. The predicted octanol–water partition coefficient (Wildman–Crippen LogP) is 7.01. The molecule has 164 valence electrons. The Balaban J connectivity index is 1.54. The standard InChI is InChI=1S/C31H31N2/c1-20-7-10-23(11-8-20)24-13-16-33(4)29(18-24)26-19-28-27(17-21(26)2)25-12-9-22(3)32-30(25)31(28)14-5-6-15-31/h7-13,16-19H,5-6,14-15H2,1-4H3/q+1. The van der Waals surface area contributed by atoms with Crippen LogP contribution in [-0.2, 0) is 12.5 Å². The maximum absolute atomic E-state index is 5.11. The number of nitrogens with zero attached hydrogens (tertiary/aromatic N) is 2. The van der Waals surface area contributed by atoms with Crippen molar-refractivity contribution in [1.82, 2.24) is 4.98 Å². The summed E-state index contributed by atoms with van der Waals surface area (Å²) in [5.41, 5.74) is 14.5. The maximum atomic E-state index is 5.11. The third kappa shape index (κ3) is 3.08. The van der Waals surface area contributed by atoms with Crippen molar-refractivity contribution < 1.29 is 4.57 Å². The summed E-state index contributed by atoms with van der Waals surface area (Å²) in [7, 11) is 2.16. The lowest BCUT2D eigenvalue weighted by atomic mass is 9.78. The molecule has 0 saturated heterocycles. The minimum Gasteiger partial charge on any atom is -0.257 e. The van der Waals surface area contributed by atoms with E-state index in [1.165, 1.54) is 81.6 Å². The summed E-state index contributed by atoms with van der Waals surface area (Å²) in [6.45, 7) is 6.52. The van der Waals surface area contributed by atoms with E-state index in [-0.39, 0.29) is 5.41 Å². The molecule has 2 aromatic heterocycles. The SMILES string of the molecule is Cc1ccc(-c2cc[n+](C)c(-c3cc4c(cc3C)-c3ccc(C)nc3C43CCCC3)c2)cc1. The van der Waals surface area contributed by atoms with Gasteiger partial charge in [0.25, 0.3) is 0 Å². The molecule has 2 aliphatic carbocycles. The molecule has 2 heteroatoms. The molecule has 1 saturated carbocycles. The Bertz CT molecular complexity index is 1390.